The van der Waals surface area contributed by atoms with Crippen molar-refractivity contribution >= 4 is 43.6 Å². The molecule has 0 bridgehead atoms. The molecule has 3 aromatic rings. The maximum atomic E-state index is 14.0. The van der Waals surface area contributed by atoms with E-state index in [-0.39, 0.29) is 35.9 Å². The van der Waals surface area contributed by atoms with Gasteiger partial charge in [0.15, 0.2) is 0 Å². The molecule has 0 fully saturated rings. The van der Waals surface area contributed by atoms with E-state index in [0.29, 0.717) is 42.3 Å². The van der Waals surface area contributed by atoms with Gasteiger partial charge in [0.05, 0.1) is 18.6 Å². The van der Waals surface area contributed by atoms with Gasteiger partial charge in [0.2, 0.25) is 15.9 Å². The molecule has 3 rings (SSSR count). The van der Waals surface area contributed by atoms with E-state index < -0.39 is 34.1 Å². The van der Waals surface area contributed by atoms with Crippen LogP contribution < -0.4 is 16.4 Å². The van der Waals surface area contributed by atoms with E-state index in [1.165, 1.54) is 23.5 Å². The Morgan fingerprint density at radius 1 is 0.938 bits per heavy atom. The zero-order chi connectivity index (χ0) is 35.3. The van der Waals surface area contributed by atoms with E-state index in [1.807, 2.05) is 81.4 Å². The van der Waals surface area contributed by atoms with Crippen molar-refractivity contribution in [1.29, 1.82) is 0 Å². The highest BCUT2D eigenvalue weighted by Gasteiger charge is 2.34. The quantitative estimate of drug-likeness (QED) is 0.116. The lowest BCUT2D eigenvalue weighted by Crippen LogP contribution is -2.52. The highest BCUT2D eigenvalue weighted by Crippen LogP contribution is 2.30. The Morgan fingerprint density at radius 3 is 2.04 bits per heavy atom. The SMILES string of the molecule is CCC(CCCC(CO)N(CCC(C)C)S(=O)(=O)c1ccc(N)c(Br)c1)NC(=O)C(NC(=O)OC)C(c1ccccc1)c1ccccc1. The van der Waals surface area contributed by atoms with Gasteiger partial charge >= 0.3 is 6.09 Å². The highest BCUT2D eigenvalue weighted by molar-refractivity contribution is 9.10. The van der Waals surface area contributed by atoms with Crippen LogP contribution in [0.3, 0.4) is 0 Å². The van der Waals surface area contributed by atoms with Crippen LogP contribution in [0.25, 0.3) is 0 Å². The molecule has 0 aliphatic heterocycles. The fraction of sp³-hybridized carbons (Fsp3) is 0.444. The number of hydrogen-bond donors (Lipinski definition) is 4. The second kappa shape index (κ2) is 18.9. The van der Waals surface area contributed by atoms with Gasteiger partial charge in [0, 0.05) is 34.7 Å². The predicted octanol–water partition coefficient (Wildman–Crippen LogP) is 6.05. The van der Waals surface area contributed by atoms with E-state index in [4.69, 9.17) is 10.5 Å². The Balaban J connectivity index is 1.80. The molecule has 0 radical (unpaired) electrons. The van der Waals surface area contributed by atoms with Gasteiger partial charge in [0.25, 0.3) is 0 Å². The van der Waals surface area contributed by atoms with Crippen LogP contribution in [-0.2, 0) is 19.6 Å². The lowest BCUT2D eigenvalue weighted by Gasteiger charge is -2.31. The topological polar surface area (TPSA) is 151 Å². The number of sulfonamides is 1. The Bertz CT molecular complexity index is 1520. The fourth-order valence-electron chi connectivity index (χ4n) is 5.67. The number of aliphatic hydroxyl groups excluding tert-OH is 1. The average molecular weight is 746 g/mol. The Hall–Kier alpha value is -3.45. The number of hydrogen-bond acceptors (Lipinski definition) is 7. The van der Waals surface area contributed by atoms with E-state index in [0.717, 1.165) is 11.1 Å². The van der Waals surface area contributed by atoms with Crippen molar-refractivity contribution < 1.29 is 27.9 Å². The molecular formula is C36H49BrN4O6S. The summed E-state index contributed by atoms with van der Waals surface area (Å²) in [5.41, 5.74) is 8.05. The van der Waals surface area contributed by atoms with E-state index >= 15 is 0 Å². The smallest absolute Gasteiger partial charge is 0.407 e. The first kappa shape index (κ1) is 39.0. The largest absolute Gasteiger partial charge is 0.453 e. The molecule has 48 heavy (non-hydrogen) atoms. The molecule has 10 nitrogen and oxygen atoms in total. The number of nitrogen functional groups attached to an aromatic ring is 1. The molecule has 12 heteroatoms. The minimum atomic E-state index is -3.94. The molecule has 3 aromatic carbocycles. The van der Waals surface area contributed by atoms with Crippen LogP contribution in [0.2, 0.25) is 0 Å². The number of carbonyl (C=O) groups excluding carboxylic acids is 2. The van der Waals surface area contributed by atoms with Gasteiger partial charge in [-0.25, -0.2) is 13.2 Å². The molecule has 262 valence electrons. The number of halogens is 1. The minimum Gasteiger partial charge on any atom is -0.453 e. The third kappa shape index (κ3) is 10.8. The van der Waals surface area contributed by atoms with Gasteiger partial charge in [0.1, 0.15) is 6.04 Å². The summed E-state index contributed by atoms with van der Waals surface area (Å²) in [5, 5.41) is 16.3. The van der Waals surface area contributed by atoms with Crippen molar-refractivity contribution in [2.75, 3.05) is 26.0 Å². The van der Waals surface area contributed by atoms with E-state index in [1.54, 1.807) is 6.07 Å². The predicted molar refractivity (Wildman–Crippen MR) is 193 cm³/mol. The second-order valence-electron chi connectivity index (χ2n) is 12.3. The maximum absolute atomic E-state index is 14.0. The normalized spacial score (nSPS) is 13.7. The number of nitrogens with one attached hydrogen (secondary N) is 2. The van der Waals surface area contributed by atoms with Gasteiger partial charge in [-0.2, -0.15) is 4.31 Å². The third-order valence-corrected chi connectivity index (χ3v) is 11.1. The first-order chi connectivity index (χ1) is 22.9. The maximum Gasteiger partial charge on any atom is 0.407 e. The number of anilines is 1. The summed E-state index contributed by atoms with van der Waals surface area (Å²) >= 11 is 3.33. The second-order valence-corrected chi connectivity index (χ2v) is 15.0. The summed E-state index contributed by atoms with van der Waals surface area (Å²) in [6, 6.07) is 21.6. The molecule has 0 aromatic heterocycles. The molecule has 3 atom stereocenters. The minimum absolute atomic E-state index is 0.0972. The van der Waals surface area contributed by atoms with Gasteiger partial charge in [-0.05, 0) is 83.3 Å². The summed E-state index contributed by atoms with van der Waals surface area (Å²) in [6.07, 6.45) is 1.97. The van der Waals surface area contributed by atoms with Crippen LogP contribution in [-0.4, -0.2) is 68.2 Å². The number of methoxy groups -OCH3 is 1. The van der Waals surface area contributed by atoms with Crippen molar-refractivity contribution in [3.05, 3.63) is 94.5 Å². The third-order valence-electron chi connectivity index (χ3n) is 8.44. The van der Waals surface area contributed by atoms with Crippen molar-refractivity contribution in [3.63, 3.8) is 0 Å². The van der Waals surface area contributed by atoms with Gasteiger partial charge in [-0.3, -0.25) is 4.79 Å². The number of alkyl carbamates (subject to hydrolysis) is 1. The molecule has 0 saturated carbocycles. The van der Waals surface area contributed by atoms with Crippen molar-refractivity contribution in [2.24, 2.45) is 5.92 Å². The molecule has 0 aliphatic rings. The van der Waals surface area contributed by atoms with Crippen molar-refractivity contribution in [3.8, 4) is 0 Å². The van der Waals surface area contributed by atoms with Crippen molar-refractivity contribution in [2.45, 2.75) is 81.8 Å². The van der Waals surface area contributed by atoms with Crippen LogP contribution in [0.5, 0.6) is 0 Å². The Labute approximate surface area is 293 Å². The van der Waals surface area contributed by atoms with Crippen LogP contribution in [0.15, 0.2) is 88.2 Å². The fourth-order valence-corrected chi connectivity index (χ4v) is 7.89. The molecule has 0 heterocycles. The number of aliphatic hydroxyl groups is 1. The Kier molecular flexibility index (Phi) is 15.4. The zero-order valence-corrected chi connectivity index (χ0v) is 30.5. The molecule has 3 unspecified atom stereocenters. The molecule has 2 amide bonds. The number of amides is 2. The number of benzene rings is 3. The summed E-state index contributed by atoms with van der Waals surface area (Å²) in [7, 11) is -2.69. The van der Waals surface area contributed by atoms with Crippen LogP contribution in [0, 0.1) is 5.92 Å². The number of nitrogens with two attached hydrogens (primary N) is 1. The Morgan fingerprint density at radius 2 is 1.54 bits per heavy atom. The summed E-state index contributed by atoms with van der Waals surface area (Å²) < 4.78 is 34.5. The van der Waals surface area contributed by atoms with E-state index in [9.17, 15) is 23.1 Å². The average Bonchev–Trinajstić information content (AvgIpc) is 3.08. The molecule has 0 spiro atoms. The van der Waals surface area contributed by atoms with Crippen LogP contribution >= 0.6 is 15.9 Å². The number of ether oxygens (including phenoxy) is 1. The number of nitrogens with zero attached hydrogens (tertiary/aromatic N) is 1. The number of carbonyl (C=O) groups is 2. The van der Waals surface area contributed by atoms with Gasteiger partial charge in [-0.15, -0.1) is 0 Å². The lowest BCUT2D eigenvalue weighted by atomic mass is 9.84. The van der Waals surface area contributed by atoms with E-state index in [2.05, 4.69) is 26.6 Å². The summed E-state index contributed by atoms with van der Waals surface area (Å²) in [5.74, 6) is -0.600. The molecular weight excluding hydrogens is 696 g/mol. The lowest BCUT2D eigenvalue weighted by molar-refractivity contribution is -0.124. The first-order valence-corrected chi connectivity index (χ1v) is 18.6. The van der Waals surface area contributed by atoms with Gasteiger partial charge in [-0.1, -0.05) is 81.4 Å². The van der Waals surface area contributed by atoms with Crippen LogP contribution in [0.4, 0.5) is 10.5 Å². The standard InChI is InChI=1S/C36H49BrN4O6S/c1-5-28(17-12-18-29(24-42)41(22-21-25(2)3)48(45,46)30-19-20-32(38)31(37)23-30)39-35(43)34(40-36(44)47-4)33(26-13-8-6-9-14-26)27-15-10-7-11-16-27/h6-11,13-16,19-20,23,25,28-29,33-34,42H,5,12,17-18,21-22,24,38H2,1-4H3,(H,39,43)(H,40,44). The molecule has 0 aliphatic carbocycles. The summed E-state index contributed by atoms with van der Waals surface area (Å²) in [4.78, 5) is 26.6. The first-order valence-electron chi connectivity index (χ1n) is 16.3. The van der Waals surface area contributed by atoms with Crippen molar-refractivity contribution in [1.82, 2.24) is 14.9 Å². The summed E-state index contributed by atoms with van der Waals surface area (Å²) in [6.45, 7) is 5.91. The number of rotatable bonds is 18. The van der Waals surface area contributed by atoms with Gasteiger partial charge < -0.3 is 26.2 Å². The zero-order valence-electron chi connectivity index (χ0n) is 28.1. The molecule has 5 N–H and O–H groups in total. The molecule has 0 saturated heterocycles. The highest BCUT2D eigenvalue weighted by atomic mass is 79.9. The van der Waals surface area contributed by atoms with Crippen LogP contribution in [0.1, 0.15) is 69.9 Å². The monoisotopic (exact) mass is 744 g/mol.